The summed E-state index contributed by atoms with van der Waals surface area (Å²) in [4.78, 5) is 11.1. The SMILES string of the molecule is N#CC(C#N)=C(C#N)c1ccc2ccc3c4cc(N(c5ccccc5)c5ncccn5)ccc4ccc3c2c1. The van der Waals surface area contributed by atoms with Crippen molar-refractivity contribution in [3.05, 3.63) is 121 Å². The average Bonchev–Trinajstić information content (AvgIpc) is 3.00. The van der Waals surface area contributed by atoms with Crippen molar-refractivity contribution in [1.29, 1.82) is 15.8 Å². The van der Waals surface area contributed by atoms with Crippen LogP contribution in [0.1, 0.15) is 5.56 Å². The zero-order chi connectivity index (χ0) is 26.8. The van der Waals surface area contributed by atoms with E-state index in [1.165, 1.54) is 0 Å². The molecule has 0 bridgehead atoms. The molecule has 39 heavy (non-hydrogen) atoms. The van der Waals surface area contributed by atoms with Gasteiger partial charge in [-0.25, -0.2) is 9.97 Å². The molecule has 0 aliphatic heterocycles. The highest BCUT2D eigenvalue weighted by Gasteiger charge is 2.16. The third-order valence-corrected chi connectivity index (χ3v) is 6.72. The number of anilines is 3. The van der Waals surface area contributed by atoms with E-state index in [9.17, 15) is 15.8 Å². The van der Waals surface area contributed by atoms with E-state index in [0.29, 0.717) is 11.5 Å². The molecule has 6 rings (SSSR count). The molecule has 180 valence electrons. The number of hydrogen-bond donors (Lipinski definition) is 0. The summed E-state index contributed by atoms with van der Waals surface area (Å²) in [6, 6.07) is 37.7. The molecule has 0 unspecified atom stereocenters. The minimum atomic E-state index is -0.198. The predicted molar refractivity (Wildman–Crippen MR) is 153 cm³/mol. The van der Waals surface area contributed by atoms with Gasteiger partial charge < -0.3 is 0 Å². The summed E-state index contributed by atoms with van der Waals surface area (Å²) in [5.41, 5.74) is 2.28. The first-order valence-electron chi connectivity index (χ1n) is 12.2. The van der Waals surface area contributed by atoms with E-state index in [4.69, 9.17) is 0 Å². The Morgan fingerprint density at radius 1 is 0.564 bits per heavy atom. The minimum absolute atomic E-state index is 0.0725. The number of benzene rings is 5. The van der Waals surface area contributed by atoms with E-state index >= 15 is 0 Å². The predicted octanol–water partition coefficient (Wildman–Crippen LogP) is 7.73. The van der Waals surface area contributed by atoms with E-state index in [-0.39, 0.29) is 11.1 Å². The number of nitriles is 3. The van der Waals surface area contributed by atoms with Crippen LogP contribution in [0.2, 0.25) is 0 Å². The molecule has 6 nitrogen and oxygen atoms in total. The van der Waals surface area contributed by atoms with Crippen molar-refractivity contribution in [2.24, 2.45) is 0 Å². The quantitative estimate of drug-likeness (QED) is 0.182. The summed E-state index contributed by atoms with van der Waals surface area (Å²) in [6.45, 7) is 0. The maximum atomic E-state index is 9.68. The summed E-state index contributed by atoms with van der Waals surface area (Å²) < 4.78 is 0. The zero-order valence-electron chi connectivity index (χ0n) is 20.6. The van der Waals surface area contributed by atoms with Gasteiger partial charge in [-0.3, -0.25) is 4.90 Å². The average molecular weight is 499 g/mol. The molecular weight excluding hydrogens is 480 g/mol. The van der Waals surface area contributed by atoms with Gasteiger partial charge in [0.1, 0.15) is 23.8 Å². The van der Waals surface area contributed by atoms with Crippen molar-refractivity contribution < 1.29 is 0 Å². The van der Waals surface area contributed by atoms with Gasteiger partial charge in [-0.15, -0.1) is 0 Å². The molecule has 1 aromatic heterocycles. The number of rotatable bonds is 4. The largest absolute Gasteiger partial charge is 0.279 e. The summed E-state index contributed by atoms with van der Waals surface area (Å²) in [5, 5.41) is 34.5. The van der Waals surface area contributed by atoms with E-state index in [1.54, 1.807) is 24.5 Å². The molecule has 0 radical (unpaired) electrons. The first kappa shape index (κ1) is 23.4. The van der Waals surface area contributed by atoms with Crippen molar-refractivity contribution in [3.63, 3.8) is 0 Å². The van der Waals surface area contributed by atoms with Crippen molar-refractivity contribution >= 4 is 55.2 Å². The Kier molecular flexibility index (Phi) is 5.87. The van der Waals surface area contributed by atoms with Crippen LogP contribution < -0.4 is 4.90 Å². The fraction of sp³-hybridized carbons (Fsp3) is 0. The number of para-hydroxylation sites is 1. The van der Waals surface area contributed by atoms with Crippen LogP contribution in [0, 0.1) is 34.0 Å². The van der Waals surface area contributed by atoms with Gasteiger partial charge in [0.05, 0.1) is 5.57 Å². The molecular formula is C33H18N6. The number of nitrogens with zero attached hydrogens (tertiary/aromatic N) is 6. The van der Waals surface area contributed by atoms with Crippen LogP contribution >= 0.6 is 0 Å². The third-order valence-electron chi connectivity index (χ3n) is 6.72. The third kappa shape index (κ3) is 4.07. The molecule has 0 N–H and O–H groups in total. The molecule has 0 atom stereocenters. The van der Waals surface area contributed by atoms with Gasteiger partial charge in [-0.05, 0) is 74.3 Å². The molecule has 6 heteroatoms. The summed E-state index contributed by atoms with van der Waals surface area (Å²) in [7, 11) is 0. The lowest BCUT2D eigenvalue weighted by molar-refractivity contribution is 1.08. The second-order valence-electron chi connectivity index (χ2n) is 8.87. The van der Waals surface area contributed by atoms with Crippen molar-refractivity contribution in [3.8, 4) is 18.2 Å². The summed E-state index contributed by atoms with van der Waals surface area (Å²) in [5.74, 6) is 0.569. The Morgan fingerprint density at radius 2 is 1.18 bits per heavy atom. The second kappa shape index (κ2) is 9.79. The Balaban J connectivity index is 1.60. The van der Waals surface area contributed by atoms with Crippen LogP contribution in [0.25, 0.3) is 37.9 Å². The topological polar surface area (TPSA) is 100 Å². The van der Waals surface area contributed by atoms with Crippen molar-refractivity contribution in [2.75, 3.05) is 4.90 Å². The molecule has 0 amide bonds. The van der Waals surface area contributed by atoms with Gasteiger partial charge in [0, 0.05) is 23.8 Å². The number of fused-ring (bicyclic) bond motifs is 5. The van der Waals surface area contributed by atoms with Gasteiger partial charge in [-0.2, -0.15) is 15.8 Å². The first-order valence-corrected chi connectivity index (χ1v) is 12.2. The lowest BCUT2D eigenvalue weighted by Gasteiger charge is -2.23. The van der Waals surface area contributed by atoms with Crippen LogP contribution in [-0.4, -0.2) is 9.97 Å². The molecule has 0 saturated carbocycles. The van der Waals surface area contributed by atoms with E-state index in [0.717, 1.165) is 43.7 Å². The van der Waals surface area contributed by atoms with E-state index in [1.807, 2.05) is 71.6 Å². The van der Waals surface area contributed by atoms with Crippen LogP contribution in [0.5, 0.6) is 0 Å². The Bertz CT molecular complexity index is 1990. The highest BCUT2D eigenvalue weighted by molar-refractivity contribution is 6.18. The highest BCUT2D eigenvalue weighted by Crippen LogP contribution is 2.38. The highest BCUT2D eigenvalue weighted by atomic mass is 15.3. The maximum Gasteiger partial charge on any atom is 0.234 e. The molecule has 6 aromatic rings. The van der Waals surface area contributed by atoms with Crippen LogP contribution in [-0.2, 0) is 0 Å². The van der Waals surface area contributed by atoms with Gasteiger partial charge in [-0.1, -0.05) is 60.7 Å². The lowest BCUT2D eigenvalue weighted by atomic mass is 9.93. The molecule has 0 aliphatic carbocycles. The van der Waals surface area contributed by atoms with Crippen molar-refractivity contribution in [1.82, 2.24) is 9.97 Å². The maximum absolute atomic E-state index is 9.68. The van der Waals surface area contributed by atoms with E-state index in [2.05, 4.69) is 46.4 Å². The van der Waals surface area contributed by atoms with Crippen molar-refractivity contribution in [2.45, 2.75) is 0 Å². The number of hydrogen-bond acceptors (Lipinski definition) is 6. The monoisotopic (exact) mass is 498 g/mol. The molecule has 1 heterocycles. The van der Waals surface area contributed by atoms with Gasteiger partial charge in [0.2, 0.25) is 5.95 Å². The van der Waals surface area contributed by atoms with Gasteiger partial charge >= 0.3 is 0 Å². The van der Waals surface area contributed by atoms with Crippen LogP contribution in [0.4, 0.5) is 17.3 Å². The van der Waals surface area contributed by atoms with Gasteiger partial charge in [0.25, 0.3) is 0 Å². The molecule has 0 spiro atoms. The Labute approximate surface area is 224 Å². The molecule has 0 aliphatic rings. The summed E-state index contributed by atoms with van der Waals surface area (Å²) in [6.07, 6.45) is 3.46. The lowest BCUT2D eigenvalue weighted by Crippen LogP contribution is -2.12. The smallest absolute Gasteiger partial charge is 0.234 e. The Hall–Kier alpha value is -6.03. The molecule has 0 saturated heterocycles. The summed E-state index contributed by atoms with van der Waals surface area (Å²) >= 11 is 0. The number of allylic oxidation sites excluding steroid dienone is 2. The second-order valence-corrected chi connectivity index (χ2v) is 8.87. The fourth-order valence-electron chi connectivity index (χ4n) is 4.91. The van der Waals surface area contributed by atoms with Crippen LogP contribution in [0.15, 0.2) is 115 Å². The van der Waals surface area contributed by atoms with Gasteiger partial charge in [0.15, 0.2) is 0 Å². The van der Waals surface area contributed by atoms with Crippen LogP contribution in [0.3, 0.4) is 0 Å². The standard InChI is InChI=1S/C33H18N6/c34-19-25(20-35)32(21-36)24-8-7-22-10-14-29-28(30(22)17-24)13-11-23-9-12-27(18-31(23)29)39(26-5-2-1-3-6-26)33-37-15-4-16-38-33/h1-18H. The fourth-order valence-corrected chi connectivity index (χ4v) is 4.91. The minimum Gasteiger partial charge on any atom is -0.279 e. The zero-order valence-corrected chi connectivity index (χ0v) is 20.6. The first-order chi connectivity index (χ1) is 19.2. The van der Waals surface area contributed by atoms with E-state index < -0.39 is 0 Å². The molecule has 0 fully saturated rings. The molecule has 5 aromatic carbocycles. The number of aromatic nitrogens is 2. The Morgan fingerprint density at radius 3 is 1.82 bits per heavy atom. The normalized spacial score (nSPS) is 10.5.